The quantitative estimate of drug-likeness (QED) is 0.909. The number of hydrogen-bond acceptors (Lipinski definition) is 3. The highest BCUT2D eigenvalue weighted by Gasteiger charge is 2.30. The molecule has 1 saturated carbocycles. The lowest BCUT2D eigenvalue weighted by molar-refractivity contribution is 0.283. The lowest BCUT2D eigenvalue weighted by Gasteiger charge is -2.34. The molecule has 3 atom stereocenters. The number of nitrogens with zero attached hydrogens (tertiary/aromatic N) is 1. The number of thioether (sulfide) groups is 1. The first kappa shape index (κ1) is 14.2. The largest absolute Gasteiger partial charge is 0.330 e. The molecule has 4 heteroatoms. The van der Waals surface area contributed by atoms with Gasteiger partial charge in [0.25, 0.3) is 0 Å². The molecule has 1 aliphatic carbocycles. The van der Waals surface area contributed by atoms with Crippen molar-refractivity contribution in [2.24, 2.45) is 17.6 Å². The summed E-state index contributed by atoms with van der Waals surface area (Å²) in [4.78, 5) is 4.38. The van der Waals surface area contributed by atoms with Crippen LogP contribution in [0.25, 0.3) is 0 Å². The lowest BCUT2D eigenvalue weighted by atomic mass is 9.80. The second-order valence-electron chi connectivity index (χ2n) is 5.03. The Kier molecular flexibility index (Phi) is 5.34. The van der Waals surface area contributed by atoms with Crippen LogP contribution in [0.2, 0.25) is 5.02 Å². The zero-order chi connectivity index (χ0) is 13.0. The van der Waals surface area contributed by atoms with Gasteiger partial charge in [0.1, 0.15) is 5.03 Å². The van der Waals surface area contributed by atoms with Crippen LogP contribution in [0, 0.1) is 11.8 Å². The predicted molar refractivity (Wildman–Crippen MR) is 79.1 cm³/mol. The average molecular weight is 285 g/mol. The highest BCUT2D eigenvalue weighted by atomic mass is 35.5. The van der Waals surface area contributed by atoms with Gasteiger partial charge in [-0.15, -0.1) is 11.8 Å². The molecule has 18 heavy (non-hydrogen) atoms. The summed E-state index contributed by atoms with van der Waals surface area (Å²) in [6, 6.07) is 3.79. The van der Waals surface area contributed by atoms with E-state index in [1.807, 2.05) is 30.1 Å². The molecule has 0 saturated heterocycles. The minimum atomic E-state index is 0.570. The van der Waals surface area contributed by atoms with Crippen molar-refractivity contribution in [1.82, 2.24) is 4.98 Å². The molecule has 100 valence electrons. The van der Waals surface area contributed by atoms with Crippen molar-refractivity contribution in [2.75, 3.05) is 6.54 Å². The van der Waals surface area contributed by atoms with E-state index in [9.17, 15) is 0 Å². The first-order chi connectivity index (χ1) is 8.74. The van der Waals surface area contributed by atoms with Crippen molar-refractivity contribution < 1.29 is 0 Å². The Hall–Kier alpha value is -0.250. The molecule has 0 aromatic carbocycles. The van der Waals surface area contributed by atoms with Gasteiger partial charge in [-0.3, -0.25) is 0 Å². The summed E-state index contributed by atoms with van der Waals surface area (Å²) >= 11 is 8.01. The van der Waals surface area contributed by atoms with Crippen LogP contribution in [0.3, 0.4) is 0 Å². The number of rotatable bonds is 4. The van der Waals surface area contributed by atoms with E-state index < -0.39 is 0 Å². The van der Waals surface area contributed by atoms with Crippen LogP contribution < -0.4 is 5.73 Å². The third kappa shape index (κ3) is 3.40. The smallest absolute Gasteiger partial charge is 0.115 e. The zero-order valence-electron chi connectivity index (χ0n) is 10.8. The fourth-order valence-corrected chi connectivity index (χ4v) is 4.31. The number of pyridine rings is 1. The van der Waals surface area contributed by atoms with Crippen LogP contribution in [0.5, 0.6) is 0 Å². The lowest BCUT2D eigenvalue weighted by Crippen LogP contribution is -2.32. The van der Waals surface area contributed by atoms with Gasteiger partial charge in [0.2, 0.25) is 0 Å². The second kappa shape index (κ2) is 6.78. The molecule has 2 nitrogen and oxygen atoms in total. The van der Waals surface area contributed by atoms with Gasteiger partial charge in [-0.2, -0.15) is 0 Å². The first-order valence-electron chi connectivity index (χ1n) is 6.71. The molecular formula is C14H21ClN2S. The van der Waals surface area contributed by atoms with Gasteiger partial charge in [-0.05, 0) is 43.4 Å². The minimum Gasteiger partial charge on any atom is -0.330 e. The second-order valence-corrected chi connectivity index (χ2v) is 6.66. The van der Waals surface area contributed by atoms with Crippen molar-refractivity contribution >= 4 is 23.4 Å². The first-order valence-corrected chi connectivity index (χ1v) is 7.97. The maximum atomic E-state index is 6.19. The molecule has 1 aromatic rings. The minimum absolute atomic E-state index is 0.570. The Bertz CT molecular complexity index is 386. The number of hydrogen-bond donors (Lipinski definition) is 1. The highest BCUT2D eigenvalue weighted by molar-refractivity contribution is 8.00. The van der Waals surface area contributed by atoms with Crippen molar-refractivity contribution in [3.8, 4) is 0 Å². The van der Waals surface area contributed by atoms with E-state index in [4.69, 9.17) is 17.3 Å². The van der Waals surface area contributed by atoms with Gasteiger partial charge in [0.15, 0.2) is 0 Å². The Balaban J connectivity index is 2.07. The molecule has 3 unspecified atom stereocenters. The van der Waals surface area contributed by atoms with Gasteiger partial charge in [0.05, 0.1) is 5.02 Å². The molecule has 0 spiro atoms. The molecule has 1 aromatic heterocycles. The average Bonchev–Trinajstić information content (AvgIpc) is 2.41. The van der Waals surface area contributed by atoms with Crippen LogP contribution in [0.1, 0.15) is 32.6 Å². The van der Waals surface area contributed by atoms with Crippen molar-refractivity contribution in [3.05, 3.63) is 23.4 Å². The summed E-state index contributed by atoms with van der Waals surface area (Å²) in [5.74, 6) is 1.45. The van der Waals surface area contributed by atoms with Crippen molar-refractivity contribution in [3.63, 3.8) is 0 Å². The van der Waals surface area contributed by atoms with E-state index in [-0.39, 0.29) is 0 Å². The van der Waals surface area contributed by atoms with Gasteiger partial charge in [-0.1, -0.05) is 31.4 Å². The Morgan fingerprint density at radius 2 is 2.33 bits per heavy atom. The molecule has 2 N–H and O–H groups in total. The molecule has 0 aliphatic heterocycles. The standard InChI is InChI=1S/C14H21ClN2S/c1-2-10-5-6-11(9-16)13(8-10)18-14-12(15)4-3-7-17-14/h3-4,7,10-11,13H,2,5-6,8-9,16H2,1H3. The Morgan fingerprint density at radius 1 is 1.50 bits per heavy atom. The van der Waals surface area contributed by atoms with Crippen LogP contribution in [0.15, 0.2) is 23.4 Å². The van der Waals surface area contributed by atoms with E-state index >= 15 is 0 Å². The molecule has 1 heterocycles. The molecule has 0 amide bonds. The van der Waals surface area contributed by atoms with Gasteiger partial charge in [0, 0.05) is 11.4 Å². The fourth-order valence-electron chi connectivity index (χ4n) is 2.66. The predicted octanol–water partition coefficient (Wildman–Crippen LogP) is 3.98. The van der Waals surface area contributed by atoms with E-state index in [1.54, 1.807) is 0 Å². The summed E-state index contributed by atoms with van der Waals surface area (Å²) in [5, 5.41) is 2.29. The fraction of sp³-hybridized carbons (Fsp3) is 0.643. The molecule has 2 rings (SSSR count). The SMILES string of the molecule is CCC1CCC(CN)C(Sc2ncccc2Cl)C1. The normalized spacial score (nSPS) is 28.3. The summed E-state index contributed by atoms with van der Waals surface area (Å²) in [6.45, 7) is 3.06. The number of aromatic nitrogens is 1. The topological polar surface area (TPSA) is 38.9 Å². The third-order valence-corrected chi connectivity index (χ3v) is 5.75. The summed E-state index contributed by atoms with van der Waals surface area (Å²) in [6.07, 6.45) is 6.90. The molecule has 1 aliphatic rings. The number of halogens is 1. The highest BCUT2D eigenvalue weighted by Crippen LogP contribution is 2.41. The summed E-state index contributed by atoms with van der Waals surface area (Å²) < 4.78 is 0. The summed E-state index contributed by atoms with van der Waals surface area (Å²) in [7, 11) is 0. The van der Waals surface area contributed by atoms with Crippen molar-refractivity contribution in [2.45, 2.75) is 42.9 Å². The molecule has 0 bridgehead atoms. The Labute approximate surface area is 119 Å². The van der Waals surface area contributed by atoms with E-state index in [0.29, 0.717) is 11.2 Å². The summed E-state index contributed by atoms with van der Waals surface area (Å²) in [5.41, 5.74) is 5.91. The van der Waals surface area contributed by atoms with Crippen LogP contribution in [-0.2, 0) is 0 Å². The Morgan fingerprint density at radius 3 is 3.00 bits per heavy atom. The van der Waals surface area contributed by atoms with Crippen molar-refractivity contribution in [1.29, 1.82) is 0 Å². The molecule has 1 fully saturated rings. The third-order valence-electron chi connectivity index (χ3n) is 3.90. The van der Waals surface area contributed by atoms with Gasteiger partial charge >= 0.3 is 0 Å². The van der Waals surface area contributed by atoms with Gasteiger partial charge in [-0.25, -0.2) is 4.98 Å². The van der Waals surface area contributed by atoms with E-state index in [1.165, 1.54) is 25.7 Å². The number of nitrogens with two attached hydrogens (primary N) is 1. The maximum absolute atomic E-state index is 6.19. The van der Waals surface area contributed by atoms with Gasteiger partial charge < -0.3 is 5.73 Å². The molecule has 0 radical (unpaired) electrons. The van der Waals surface area contributed by atoms with E-state index in [0.717, 1.165) is 22.5 Å². The monoisotopic (exact) mass is 284 g/mol. The van der Waals surface area contributed by atoms with Crippen LogP contribution in [0.4, 0.5) is 0 Å². The molecular weight excluding hydrogens is 264 g/mol. The maximum Gasteiger partial charge on any atom is 0.115 e. The zero-order valence-corrected chi connectivity index (χ0v) is 12.4. The van der Waals surface area contributed by atoms with E-state index in [2.05, 4.69) is 11.9 Å². The van der Waals surface area contributed by atoms with Crippen LogP contribution >= 0.6 is 23.4 Å². The van der Waals surface area contributed by atoms with Crippen LogP contribution in [-0.4, -0.2) is 16.8 Å².